The quantitative estimate of drug-likeness (QED) is 0.838. The summed E-state index contributed by atoms with van der Waals surface area (Å²) in [6, 6.07) is 8.20. The lowest BCUT2D eigenvalue weighted by molar-refractivity contribution is 0.209. The van der Waals surface area contributed by atoms with Crippen molar-refractivity contribution in [3.05, 3.63) is 24.3 Å². The van der Waals surface area contributed by atoms with Crippen molar-refractivity contribution in [2.24, 2.45) is 17.3 Å². The molecule has 1 saturated heterocycles. The number of benzene rings is 1. The van der Waals surface area contributed by atoms with Crippen LogP contribution >= 0.6 is 11.8 Å². The van der Waals surface area contributed by atoms with Crippen LogP contribution in [0.25, 0.3) is 0 Å². The topological polar surface area (TPSA) is 35.6 Å². The van der Waals surface area contributed by atoms with Gasteiger partial charge in [-0.25, -0.2) is 4.79 Å². The molecule has 0 radical (unpaired) electrons. The number of piperidine rings is 1. The number of urea groups is 1. The SMILES string of the molecule is CN(C)CCSc1ccc(NC(=O)N2C[C@@H]3[C@@H](C2)C3(C)C)cc1. The predicted molar refractivity (Wildman–Crippen MR) is 97.1 cm³/mol. The molecule has 1 saturated carbocycles. The molecule has 1 aromatic carbocycles. The van der Waals surface area contributed by atoms with E-state index in [1.54, 1.807) is 0 Å². The first-order chi connectivity index (χ1) is 10.9. The summed E-state index contributed by atoms with van der Waals surface area (Å²) in [6.45, 7) is 7.50. The Morgan fingerprint density at radius 2 is 1.87 bits per heavy atom. The molecular formula is C18H27N3OS. The number of rotatable bonds is 5. The predicted octanol–water partition coefficient (Wildman–Crippen LogP) is 3.46. The van der Waals surface area contributed by atoms with E-state index in [1.165, 1.54) is 4.90 Å². The maximum absolute atomic E-state index is 12.3. The highest BCUT2D eigenvalue weighted by molar-refractivity contribution is 7.99. The number of nitrogens with zero attached hydrogens (tertiary/aromatic N) is 2. The van der Waals surface area contributed by atoms with Gasteiger partial charge in [0.2, 0.25) is 0 Å². The summed E-state index contributed by atoms with van der Waals surface area (Å²) in [5.74, 6) is 2.47. The first kappa shape index (κ1) is 16.7. The standard InChI is InChI=1S/C18H27N3OS/c1-18(2)15-11-21(12-16(15)18)17(22)19-13-5-7-14(8-6-13)23-10-9-20(3)4/h5-8,15-16H,9-12H2,1-4H3,(H,19,22)/t15-,16-/m1/s1. The van der Waals surface area contributed by atoms with E-state index < -0.39 is 0 Å². The Morgan fingerprint density at radius 3 is 2.43 bits per heavy atom. The molecule has 1 N–H and O–H groups in total. The molecule has 0 aromatic heterocycles. The fraction of sp³-hybridized carbons (Fsp3) is 0.611. The molecule has 0 bridgehead atoms. The van der Waals surface area contributed by atoms with Gasteiger partial charge in [0.15, 0.2) is 0 Å². The number of thioether (sulfide) groups is 1. The summed E-state index contributed by atoms with van der Waals surface area (Å²) in [5, 5.41) is 3.02. The molecular weight excluding hydrogens is 306 g/mol. The Morgan fingerprint density at radius 1 is 1.26 bits per heavy atom. The fourth-order valence-electron chi connectivity index (χ4n) is 3.48. The minimum Gasteiger partial charge on any atom is -0.324 e. The van der Waals surface area contributed by atoms with Crippen molar-refractivity contribution in [3.8, 4) is 0 Å². The Kier molecular flexibility index (Phi) is 4.61. The van der Waals surface area contributed by atoms with Crippen LogP contribution in [0.15, 0.2) is 29.2 Å². The van der Waals surface area contributed by atoms with Crippen molar-refractivity contribution in [1.82, 2.24) is 9.80 Å². The summed E-state index contributed by atoms with van der Waals surface area (Å²) in [6.07, 6.45) is 0. The summed E-state index contributed by atoms with van der Waals surface area (Å²) < 4.78 is 0. The van der Waals surface area contributed by atoms with Crippen LogP contribution in [0.4, 0.5) is 10.5 Å². The zero-order valence-corrected chi connectivity index (χ0v) is 15.3. The second-order valence-electron chi connectivity index (χ2n) is 7.55. The van der Waals surface area contributed by atoms with Gasteiger partial charge in [-0.3, -0.25) is 0 Å². The normalized spacial score (nSPS) is 24.7. The van der Waals surface area contributed by atoms with Crippen LogP contribution in [0.2, 0.25) is 0 Å². The van der Waals surface area contributed by atoms with E-state index in [-0.39, 0.29) is 6.03 Å². The van der Waals surface area contributed by atoms with Crippen LogP contribution in [-0.4, -0.2) is 55.3 Å². The maximum Gasteiger partial charge on any atom is 0.321 e. The third-order valence-electron chi connectivity index (χ3n) is 5.32. The number of likely N-dealkylation sites (tertiary alicyclic amines) is 1. The van der Waals surface area contributed by atoms with Gasteiger partial charge in [0, 0.05) is 36.0 Å². The molecule has 0 spiro atoms. The summed E-state index contributed by atoms with van der Waals surface area (Å²) in [7, 11) is 4.17. The van der Waals surface area contributed by atoms with Crippen LogP contribution in [0.1, 0.15) is 13.8 Å². The van der Waals surface area contributed by atoms with E-state index in [0.29, 0.717) is 17.3 Å². The molecule has 1 heterocycles. The first-order valence-electron chi connectivity index (χ1n) is 8.31. The van der Waals surface area contributed by atoms with Gasteiger partial charge in [-0.2, -0.15) is 0 Å². The van der Waals surface area contributed by atoms with Crippen molar-refractivity contribution < 1.29 is 4.79 Å². The average molecular weight is 334 g/mol. The maximum atomic E-state index is 12.3. The van der Waals surface area contributed by atoms with E-state index in [2.05, 4.69) is 50.3 Å². The number of fused-ring (bicyclic) bond motifs is 1. The van der Waals surface area contributed by atoms with E-state index in [1.807, 2.05) is 28.8 Å². The molecule has 126 valence electrons. The molecule has 23 heavy (non-hydrogen) atoms. The number of anilines is 1. The largest absolute Gasteiger partial charge is 0.324 e. The zero-order chi connectivity index (χ0) is 16.6. The minimum absolute atomic E-state index is 0.0426. The molecule has 4 nitrogen and oxygen atoms in total. The van der Waals surface area contributed by atoms with Crippen LogP contribution in [0, 0.1) is 17.3 Å². The molecule has 5 heteroatoms. The summed E-state index contributed by atoms with van der Waals surface area (Å²) >= 11 is 1.84. The first-order valence-corrected chi connectivity index (χ1v) is 9.30. The third kappa shape index (κ3) is 3.66. The van der Waals surface area contributed by atoms with Crippen molar-refractivity contribution in [3.63, 3.8) is 0 Å². The van der Waals surface area contributed by atoms with Gasteiger partial charge in [-0.1, -0.05) is 13.8 Å². The molecule has 2 aliphatic rings. The molecule has 2 atom stereocenters. The number of carbonyl (C=O) groups is 1. The van der Waals surface area contributed by atoms with Gasteiger partial charge in [0.25, 0.3) is 0 Å². The minimum atomic E-state index is 0.0426. The average Bonchev–Trinajstić information content (AvgIpc) is 2.88. The van der Waals surface area contributed by atoms with Gasteiger partial charge < -0.3 is 15.1 Å². The second-order valence-corrected chi connectivity index (χ2v) is 8.71. The van der Waals surface area contributed by atoms with Crippen LogP contribution in [-0.2, 0) is 0 Å². The number of hydrogen-bond acceptors (Lipinski definition) is 3. The van der Waals surface area contributed by atoms with Gasteiger partial charge in [-0.15, -0.1) is 11.8 Å². The Bertz CT molecular complexity index is 556. The molecule has 2 amide bonds. The molecule has 1 aliphatic carbocycles. The van der Waals surface area contributed by atoms with E-state index >= 15 is 0 Å². The smallest absolute Gasteiger partial charge is 0.321 e. The van der Waals surface area contributed by atoms with Crippen molar-refractivity contribution in [2.45, 2.75) is 18.7 Å². The molecule has 0 unspecified atom stereocenters. The van der Waals surface area contributed by atoms with Crippen LogP contribution in [0.3, 0.4) is 0 Å². The highest BCUT2D eigenvalue weighted by Gasteiger charge is 2.62. The molecule has 1 aliphatic heterocycles. The summed E-state index contributed by atoms with van der Waals surface area (Å²) in [5.41, 5.74) is 1.33. The van der Waals surface area contributed by atoms with Gasteiger partial charge in [0.05, 0.1) is 0 Å². The van der Waals surface area contributed by atoms with Gasteiger partial charge in [0.1, 0.15) is 0 Å². The second kappa shape index (κ2) is 6.36. The lowest BCUT2D eigenvalue weighted by atomic mass is 10.1. The third-order valence-corrected chi connectivity index (χ3v) is 6.31. The molecule has 3 rings (SSSR count). The van der Waals surface area contributed by atoms with E-state index in [9.17, 15) is 4.79 Å². The van der Waals surface area contributed by atoms with Crippen molar-refractivity contribution in [1.29, 1.82) is 0 Å². The Labute approximate surface area is 143 Å². The van der Waals surface area contributed by atoms with Crippen molar-refractivity contribution in [2.75, 3.05) is 44.8 Å². The number of nitrogens with one attached hydrogen (secondary N) is 1. The fourth-order valence-corrected chi connectivity index (χ4v) is 4.50. The Hall–Kier alpha value is -1.20. The van der Waals surface area contributed by atoms with Gasteiger partial charge in [-0.05, 0) is 55.6 Å². The lowest BCUT2D eigenvalue weighted by Crippen LogP contribution is -2.36. The van der Waals surface area contributed by atoms with Crippen LogP contribution in [0.5, 0.6) is 0 Å². The zero-order valence-electron chi connectivity index (χ0n) is 14.5. The monoisotopic (exact) mass is 333 g/mol. The van der Waals surface area contributed by atoms with Crippen LogP contribution < -0.4 is 5.32 Å². The summed E-state index contributed by atoms with van der Waals surface area (Å²) in [4.78, 5) is 17.7. The number of amides is 2. The van der Waals surface area contributed by atoms with Crippen molar-refractivity contribution >= 4 is 23.5 Å². The highest BCUT2D eigenvalue weighted by Crippen LogP contribution is 2.61. The number of hydrogen-bond donors (Lipinski definition) is 1. The van der Waals surface area contributed by atoms with E-state index in [0.717, 1.165) is 31.1 Å². The highest BCUT2D eigenvalue weighted by atomic mass is 32.2. The molecule has 1 aromatic rings. The molecule has 2 fully saturated rings. The number of carbonyl (C=O) groups excluding carboxylic acids is 1. The lowest BCUT2D eigenvalue weighted by Gasteiger charge is -2.22. The Balaban J connectivity index is 1.46. The van der Waals surface area contributed by atoms with Gasteiger partial charge >= 0.3 is 6.03 Å². The van der Waals surface area contributed by atoms with E-state index in [4.69, 9.17) is 0 Å².